The van der Waals surface area contributed by atoms with Gasteiger partial charge in [0.15, 0.2) is 0 Å². The van der Waals surface area contributed by atoms with Crippen molar-refractivity contribution >= 4 is 5.97 Å². The molecule has 2 rings (SSSR count). The lowest BCUT2D eigenvalue weighted by Gasteiger charge is -2.08. The Morgan fingerprint density at radius 2 is 1.80 bits per heavy atom. The lowest BCUT2D eigenvalue weighted by molar-refractivity contribution is -0.137. The lowest BCUT2D eigenvalue weighted by Crippen LogP contribution is -2.05. The Bertz CT molecular complexity index is 621. The first-order chi connectivity index (χ1) is 9.41. The maximum Gasteiger partial charge on any atom is 0.416 e. The molecule has 2 aromatic rings. The van der Waals surface area contributed by atoms with Crippen LogP contribution in [-0.2, 0) is 10.9 Å². The molecule has 0 spiro atoms. The number of aromatic nitrogens is 1. The quantitative estimate of drug-likeness (QED) is 0.790. The molecule has 104 valence electrons. The van der Waals surface area contributed by atoms with Gasteiger partial charge >= 0.3 is 12.1 Å². The molecule has 0 atom stereocenters. The number of halogens is 3. The van der Waals surface area contributed by atoms with Crippen molar-refractivity contribution in [2.75, 3.05) is 7.11 Å². The zero-order valence-corrected chi connectivity index (χ0v) is 10.4. The summed E-state index contributed by atoms with van der Waals surface area (Å²) in [5.41, 5.74) is 0.239. The zero-order chi connectivity index (χ0) is 14.8. The van der Waals surface area contributed by atoms with Gasteiger partial charge in [0.25, 0.3) is 0 Å². The third-order valence-electron chi connectivity index (χ3n) is 2.69. The molecule has 0 aliphatic carbocycles. The molecule has 0 bridgehead atoms. The van der Waals surface area contributed by atoms with Gasteiger partial charge in [0.05, 0.1) is 23.9 Å². The molecule has 0 saturated heterocycles. The number of alkyl halides is 3. The van der Waals surface area contributed by atoms with Crippen LogP contribution in [0.2, 0.25) is 0 Å². The first-order valence-corrected chi connectivity index (χ1v) is 5.64. The lowest BCUT2D eigenvalue weighted by atomic mass is 10.1. The van der Waals surface area contributed by atoms with Crippen LogP contribution in [0.4, 0.5) is 13.2 Å². The van der Waals surface area contributed by atoms with Gasteiger partial charge in [-0.2, -0.15) is 13.2 Å². The average molecular weight is 281 g/mol. The van der Waals surface area contributed by atoms with E-state index < -0.39 is 17.7 Å². The largest absolute Gasteiger partial charge is 0.465 e. The number of nitrogens with zero attached hydrogens (tertiary/aromatic N) is 1. The second-order valence-corrected chi connectivity index (χ2v) is 4.00. The fourth-order valence-corrected chi connectivity index (χ4v) is 1.66. The second kappa shape index (κ2) is 5.32. The van der Waals surface area contributed by atoms with Gasteiger partial charge in [0.1, 0.15) is 0 Å². The van der Waals surface area contributed by atoms with E-state index >= 15 is 0 Å². The first-order valence-electron chi connectivity index (χ1n) is 5.64. The van der Waals surface area contributed by atoms with Gasteiger partial charge in [-0.25, -0.2) is 4.79 Å². The number of rotatable bonds is 2. The maximum absolute atomic E-state index is 12.6. The summed E-state index contributed by atoms with van der Waals surface area (Å²) in [5.74, 6) is -0.506. The van der Waals surface area contributed by atoms with Gasteiger partial charge in [-0.1, -0.05) is 12.1 Å². The van der Waals surface area contributed by atoms with Crippen molar-refractivity contribution in [3.63, 3.8) is 0 Å². The van der Waals surface area contributed by atoms with E-state index in [4.69, 9.17) is 0 Å². The molecule has 0 amide bonds. The summed E-state index contributed by atoms with van der Waals surface area (Å²) in [6, 6.07) is 7.87. The molecular formula is C14H10F3NO2. The standard InChI is InChI=1S/C14H10F3NO2/c1-20-13(19)10-4-2-9(3-5-10)12-8-11(6-7-18-12)14(15,16)17/h2-8H,1H3. The Morgan fingerprint density at radius 3 is 2.35 bits per heavy atom. The fraction of sp³-hybridized carbons (Fsp3) is 0.143. The van der Waals surface area contributed by atoms with E-state index in [2.05, 4.69) is 9.72 Å². The number of benzene rings is 1. The van der Waals surface area contributed by atoms with Crippen LogP contribution in [0.5, 0.6) is 0 Å². The number of esters is 1. The maximum atomic E-state index is 12.6. The number of pyridine rings is 1. The van der Waals surface area contributed by atoms with Gasteiger partial charge in [0, 0.05) is 11.8 Å². The topological polar surface area (TPSA) is 39.2 Å². The molecule has 0 aliphatic rings. The minimum Gasteiger partial charge on any atom is -0.465 e. The summed E-state index contributed by atoms with van der Waals surface area (Å²) in [6.45, 7) is 0. The van der Waals surface area contributed by atoms with E-state index in [0.29, 0.717) is 11.1 Å². The van der Waals surface area contributed by atoms with E-state index in [9.17, 15) is 18.0 Å². The summed E-state index contributed by atoms with van der Waals surface area (Å²) < 4.78 is 42.4. The minimum atomic E-state index is -4.41. The third-order valence-corrected chi connectivity index (χ3v) is 2.69. The van der Waals surface area contributed by atoms with Crippen molar-refractivity contribution in [2.24, 2.45) is 0 Å². The molecule has 6 heteroatoms. The van der Waals surface area contributed by atoms with Crippen molar-refractivity contribution in [2.45, 2.75) is 6.18 Å². The van der Waals surface area contributed by atoms with Crippen molar-refractivity contribution < 1.29 is 22.7 Å². The molecule has 1 aromatic carbocycles. The molecule has 0 radical (unpaired) electrons. The van der Waals surface area contributed by atoms with Crippen LogP contribution >= 0.6 is 0 Å². The summed E-state index contributed by atoms with van der Waals surface area (Å²) in [4.78, 5) is 15.2. The van der Waals surface area contributed by atoms with Crippen molar-refractivity contribution in [1.82, 2.24) is 4.98 Å². The number of methoxy groups -OCH3 is 1. The SMILES string of the molecule is COC(=O)c1ccc(-c2cc(C(F)(F)F)ccn2)cc1. The molecule has 3 nitrogen and oxygen atoms in total. The molecular weight excluding hydrogens is 271 g/mol. The van der Waals surface area contributed by atoms with Gasteiger partial charge < -0.3 is 4.74 Å². The van der Waals surface area contributed by atoms with Gasteiger partial charge in [-0.3, -0.25) is 4.98 Å². The molecule has 0 N–H and O–H groups in total. The number of hydrogen-bond donors (Lipinski definition) is 0. The number of carbonyl (C=O) groups is 1. The molecule has 1 heterocycles. The monoisotopic (exact) mass is 281 g/mol. The first kappa shape index (κ1) is 14.0. The molecule has 0 unspecified atom stereocenters. The Kier molecular flexibility index (Phi) is 3.74. The Labute approximate surface area is 113 Å². The van der Waals surface area contributed by atoms with E-state index in [1.165, 1.54) is 31.4 Å². The second-order valence-electron chi connectivity index (χ2n) is 4.00. The summed E-state index contributed by atoms with van der Waals surface area (Å²) in [5, 5.41) is 0. The summed E-state index contributed by atoms with van der Waals surface area (Å²) in [7, 11) is 1.25. The van der Waals surface area contributed by atoms with E-state index in [1.54, 1.807) is 0 Å². The minimum absolute atomic E-state index is 0.191. The number of carbonyl (C=O) groups excluding carboxylic acids is 1. The van der Waals surface area contributed by atoms with Gasteiger partial charge in [0.2, 0.25) is 0 Å². The highest BCUT2D eigenvalue weighted by molar-refractivity contribution is 5.89. The Morgan fingerprint density at radius 1 is 1.15 bits per heavy atom. The van der Waals surface area contributed by atoms with Crippen molar-refractivity contribution in [1.29, 1.82) is 0 Å². The average Bonchev–Trinajstić information content (AvgIpc) is 2.46. The molecule has 1 aromatic heterocycles. The highest BCUT2D eigenvalue weighted by Gasteiger charge is 2.30. The van der Waals surface area contributed by atoms with Crippen LogP contribution in [0.3, 0.4) is 0 Å². The van der Waals surface area contributed by atoms with Crippen LogP contribution in [0.25, 0.3) is 11.3 Å². The van der Waals surface area contributed by atoms with Crippen molar-refractivity contribution in [3.05, 3.63) is 53.7 Å². The molecule has 0 fully saturated rings. The van der Waals surface area contributed by atoms with Crippen LogP contribution < -0.4 is 0 Å². The summed E-state index contributed by atoms with van der Waals surface area (Å²) >= 11 is 0. The predicted octanol–water partition coefficient (Wildman–Crippen LogP) is 3.55. The number of ether oxygens (including phenoxy) is 1. The van der Waals surface area contributed by atoms with Crippen LogP contribution in [0.1, 0.15) is 15.9 Å². The zero-order valence-electron chi connectivity index (χ0n) is 10.4. The summed E-state index contributed by atoms with van der Waals surface area (Å²) in [6.07, 6.45) is -3.31. The number of hydrogen-bond acceptors (Lipinski definition) is 3. The molecule has 0 aliphatic heterocycles. The van der Waals surface area contributed by atoms with Gasteiger partial charge in [-0.05, 0) is 24.3 Å². The van der Waals surface area contributed by atoms with E-state index in [0.717, 1.165) is 18.3 Å². The molecule has 0 saturated carbocycles. The predicted molar refractivity (Wildman–Crippen MR) is 66.0 cm³/mol. The highest BCUT2D eigenvalue weighted by Crippen LogP contribution is 2.31. The van der Waals surface area contributed by atoms with Crippen LogP contribution in [-0.4, -0.2) is 18.1 Å². The third kappa shape index (κ3) is 2.96. The van der Waals surface area contributed by atoms with Crippen LogP contribution in [0.15, 0.2) is 42.6 Å². The Balaban J connectivity index is 2.35. The molecule has 20 heavy (non-hydrogen) atoms. The van der Waals surface area contributed by atoms with Gasteiger partial charge in [-0.15, -0.1) is 0 Å². The van der Waals surface area contributed by atoms with Crippen LogP contribution in [0, 0.1) is 0 Å². The smallest absolute Gasteiger partial charge is 0.416 e. The normalized spacial score (nSPS) is 11.2. The van der Waals surface area contributed by atoms with Crippen molar-refractivity contribution in [3.8, 4) is 11.3 Å². The fourth-order valence-electron chi connectivity index (χ4n) is 1.66. The van der Waals surface area contributed by atoms with E-state index in [1.807, 2.05) is 0 Å². The highest BCUT2D eigenvalue weighted by atomic mass is 19.4. The Hall–Kier alpha value is -2.37. The van der Waals surface area contributed by atoms with E-state index in [-0.39, 0.29) is 5.69 Å².